The molecular formula is C13H18N2O. The van der Waals surface area contributed by atoms with E-state index in [1.807, 2.05) is 12.1 Å². The molecule has 1 heterocycles. The summed E-state index contributed by atoms with van der Waals surface area (Å²) in [5, 5.41) is 2.96. The number of benzene rings is 1. The van der Waals surface area contributed by atoms with Crippen LogP contribution in [0.5, 0.6) is 0 Å². The molecule has 3 nitrogen and oxygen atoms in total. The van der Waals surface area contributed by atoms with E-state index in [0.717, 1.165) is 17.9 Å². The Morgan fingerprint density at radius 3 is 2.94 bits per heavy atom. The number of carbonyl (C=O) groups is 1. The van der Waals surface area contributed by atoms with Crippen LogP contribution in [0.15, 0.2) is 18.2 Å². The minimum atomic E-state index is 0.105. The highest BCUT2D eigenvalue weighted by Crippen LogP contribution is 2.31. The van der Waals surface area contributed by atoms with Gasteiger partial charge in [0.15, 0.2) is 0 Å². The molecule has 1 aliphatic heterocycles. The highest BCUT2D eigenvalue weighted by molar-refractivity contribution is 5.96. The van der Waals surface area contributed by atoms with E-state index in [1.54, 1.807) is 0 Å². The quantitative estimate of drug-likeness (QED) is 0.785. The predicted molar refractivity (Wildman–Crippen MR) is 66.9 cm³/mol. The Morgan fingerprint density at radius 1 is 1.50 bits per heavy atom. The van der Waals surface area contributed by atoms with Crippen molar-refractivity contribution in [2.24, 2.45) is 0 Å². The molecule has 1 aromatic rings. The van der Waals surface area contributed by atoms with Crippen LogP contribution in [0.1, 0.15) is 25.8 Å². The first kappa shape index (κ1) is 11.0. The monoisotopic (exact) mass is 218 g/mol. The molecule has 0 aliphatic carbocycles. The molecule has 0 saturated heterocycles. The molecule has 1 amide bonds. The van der Waals surface area contributed by atoms with Gasteiger partial charge in [-0.1, -0.05) is 6.07 Å². The molecule has 0 saturated carbocycles. The number of aryl methyl sites for hydroxylation is 1. The van der Waals surface area contributed by atoms with Gasteiger partial charge in [0, 0.05) is 19.0 Å². The molecular weight excluding hydrogens is 200 g/mol. The molecule has 0 radical (unpaired) electrons. The summed E-state index contributed by atoms with van der Waals surface area (Å²) in [4.78, 5) is 13.9. The van der Waals surface area contributed by atoms with Crippen molar-refractivity contribution in [2.45, 2.75) is 33.2 Å². The fraction of sp³-hybridized carbons (Fsp3) is 0.462. The van der Waals surface area contributed by atoms with Crippen LogP contribution >= 0.6 is 0 Å². The number of hydrogen-bond donors (Lipinski definition) is 1. The van der Waals surface area contributed by atoms with E-state index < -0.39 is 0 Å². The number of hydrogen-bond acceptors (Lipinski definition) is 2. The van der Waals surface area contributed by atoms with Gasteiger partial charge < -0.3 is 10.2 Å². The molecule has 3 heteroatoms. The van der Waals surface area contributed by atoms with Crippen LogP contribution in [0.25, 0.3) is 0 Å². The van der Waals surface area contributed by atoms with Crippen LogP contribution in [-0.2, 0) is 4.79 Å². The fourth-order valence-electron chi connectivity index (χ4n) is 2.28. The maximum absolute atomic E-state index is 11.7. The molecule has 0 aromatic heterocycles. The first-order valence-corrected chi connectivity index (χ1v) is 5.79. The van der Waals surface area contributed by atoms with Gasteiger partial charge in [0.25, 0.3) is 0 Å². The Balaban J connectivity index is 2.50. The summed E-state index contributed by atoms with van der Waals surface area (Å²) in [6.07, 6.45) is 0.557. The van der Waals surface area contributed by atoms with Gasteiger partial charge in [-0.2, -0.15) is 0 Å². The largest absolute Gasteiger partial charge is 0.367 e. The lowest BCUT2D eigenvalue weighted by molar-refractivity contribution is -0.116. The normalized spacial score (nSPS) is 20.1. The lowest BCUT2D eigenvalue weighted by Gasteiger charge is -2.28. The molecule has 0 bridgehead atoms. The molecule has 16 heavy (non-hydrogen) atoms. The third kappa shape index (κ3) is 1.90. The zero-order valence-corrected chi connectivity index (χ0v) is 10.1. The summed E-state index contributed by atoms with van der Waals surface area (Å²) < 4.78 is 0. The summed E-state index contributed by atoms with van der Waals surface area (Å²) in [6, 6.07) is 6.42. The van der Waals surface area contributed by atoms with E-state index >= 15 is 0 Å². The SMILES string of the molecule is CCN1c2cc(C)ccc2NC(=O)CC1C. The Kier molecular flexibility index (Phi) is 2.86. The second-order valence-electron chi connectivity index (χ2n) is 4.41. The summed E-state index contributed by atoms with van der Waals surface area (Å²) in [5.74, 6) is 0.105. The highest BCUT2D eigenvalue weighted by Gasteiger charge is 2.23. The van der Waals surface area contributed by atoms with Gasteiger partial charge in [0.1, 0.15) is 0 Å². The maximum Gasteiger partial charge on any atom is 0.226 e. The summed E-state index contributed by atoms with van der Waals surface area (Å²) in [7, 11) is 0. The molecule has 1 atom stereocenters. The van der Waals surface area contributed by atoms with Crippen LogP contribution in [0.3, 0.4) is 0 Å². The first-order chi connectivity index (χ1) is 7.61. The van der Waals surface area contributed by atoms with E-state index in [1.165, 1.54) is 5.56 Å². The Morgan fingerprint density at radius 2 is 2.25 bits per heavy atom. The molecule has 1 aliphatic rings. The average Bonchev–Trinajstić information content (AvgIpc) is 2.33. The van der Waals surface area contributed by atoms with Gasteiger partial charge in [-0.3, -0.25) is 4.79 Å². The van der Waals surface area contributed by atoms with Crippen molar-refractivity contribution in [2.75, 3.05) is 16.8 Å². The number of rotatable bonds is 1. The second kappa shape index (κ2) is 4.16. The van der Waals surface area contributed by atoms with Crippen LogP contribution in [-0.4, -0.2) is 18.5 Å². The number of nitrogens with one attached hydrogen (secondary N) is 1. The van der Waals surface area contributed by atoms with Crippen molar-refractivity contribution in [3.63, 3.8) is 0 Å². The van der Waals surface area contributed by atoms with Crippen LogP contribution in [0, 0.1) is 6.92 Å². The van der Waals surface area contributed by atoms with Crippen molar-refractivity contribution in [1.82, 2.24) is 0 Å². The van der Waals surface area contributed by atoms with Gasteiger partial charge >= 0.3 is 0 Å². The van der Waals surface area contributed by atoms with Crippen LogP contribution in [0.2, 0.25) is 0 Å². The third-order valence-electron chi connectivity index (χ3n) is 3.09. The van der Waals surface area contributed by atoms with Crippen molar-refractivity contribution in [1.29, 1.82) is 0 Å². The number of nitrogens with zero attached hydrogens (tertiary/aromatic N) is 1. The van der Waals surface area contributed by atoms with Crippen molar-refractivity contribution >= 4 is 17.3 Å². The van der Waals surface area contributed by atoms with E-state index in [9.17, 15) is 4.79 Å². The Bertz CT molecular complexity index is 414. The maximum atomic E-state index is 11.7. The summed E-state index contributed by atoms with van der Waals surface area (Å²) in [6.45, 7) is 7.22. The minimum absolute atomic E-state index is 0.105. The smallest absolute Gasteiger partial charge is 0.226 e. The molecule has 0 spiro atoms. The summed E-state index contributed by atoms with van der Waals surface area (Å²) >= 11 is 0. The standard InChI is InChI=1S/C13H18N2O/c1-4-15-10(3)8-13(16)14-11-6-5-9(2)7-12(11)15/h5-7,10H,4,8H2,1-3H3,(H,14,16). The number of anilines is 2. The zero-order valence-electron chi connectivity index (χ0n) is 10.1. The fourth-order valence-corrected chi connectivity index (χ4v) is 2.28. The van der Waals surface area contributed by atoms with Crippen LogP contribution < -0.4 is 10.2 Å². The van der Waals surface area contributed by atoms with E-state index in [4.69, 9.17) is 0 Å². The molecule has 1 N–H and O–H groups in total. The van der Waals surface area contributed by atoms with Gasteiger partial charge in [0.05, 0.1) is 11.4 Å². The van der Waals surface area contributed by atoms with Gasteiger partial charge in [-0.25, -0.2) is 0 Å². The average molecular weight is 218 g/mol. The second-order valence-corrected chi connectivity index (χ2v) is 4.41. The first-order valence-electron chi connectivity index (χ1n) is 5.79. The van der Waals surface area contributed by atoms with E-state index in [2.05, 4.69) is 37.1 Å². The van der Waals surface area contributed by atoms with Gasteiger partial charge in [-0.15, -0.1) is 0 Å². The third-order valence-corrected chi connectivity index (χ3v) is 3.09. The van der Waals surface area contributed by atoms with Gasteiger partial charge in [-0.05, 0) is 38.5 Å². The zero-order chi connectivity index (χ0) is 11.7. The van der Waals surface area contributed by atoms with Crippen molar-refractivity contribution in [3.8, 4) is 0 Å². The topological polar surface area (TPSA) is 32.3 Å². The number of amides is 1. The Hall–Kier alpha value is -1.51. The molecule has 1 aromatic carbocycles. The van der Waals surface area contributed by atoms with E-state index in [-0.39, 0.29) is 11.9 Å². The van der Waals surface area contributed by atoms with Crippen molar-refractivity contribution in [3.05, 3.63) is 23.8 Å². The predicted octanol–water partition coefficient (Wildman–Crippen LogP) is 2.55. The lowest BCUT2D eigenvalue weighted by Crippen LogP contribution is -2.33. The molecule has 2 rings (SSSR count). The number of fused-ring (bicyclic) bond motifs is 1. The van der Waals surface area contributed by atoms with Gasteiger partial charge in [0.2, 0.25) is 5.91 Å². The molecule has 0 fully saturated rings. The summed E-state index contributed by atoms with van der Waals surface area (Å²) in [5.41, 5.74) is 3.29. The number of carbonyl (C=O) groups excluding carboxylic acids is 1. The van der Waals surface area contributed by atoms with Crippen LogP contribution in [0.4, 0.5) is 11.4 Å². The molecule has 86 valence electrons. The Labute approximate surface area is 96.5 Å². The van der Waals surface area contributed by atoms with E-state index in [0.29, 0.717) is 6.42 Å². The van der Waals surface area contributed by atoms with Crippen molar-refractivity contribution < 1.29 is 4.79 Å². The highest BCUT2D eigenvalue weighted by atomic mass is 16.1. The molecule has 1 unspecified atom stereocenters. The minimum Gasteiger partial charge on any atom is -0.367 e. The lowest BCUT2D eigenvalue weighted by atomic mass is 10.1.